The first-order valence-electron chi connectivity index (χ1n) is 5.93. The largest absolute Gasteiger partial charge is 0.344 e. The molecular formula is C12H21N2O2. The van der Waals surface area contributed by atoms with Gasteiger partial charge in [0.25, 0.3) is 0 Å². The molecule has 0 aromatic rings. The smallest absolute Gasteiger partial charge is 0.237 e. The second kappa shape index (κ2) is 5.99. The molecule has 91 valence electrons. The van der Waals surface area contributed by atoms with Gasteiger partial charge in [-0.15, -0.1) is 0 Å². The molecule has 1 amide bonds. The van der Waals surface area contributed by atoms with Crippen molar-refractivity contribution in [1.82, 2.24) is 10.2 Å². The Morgan fingerprint density at radius 2 is 2.25 bits per heavy atom. The molecule has 1 aliphatic heterocycles. The number of amides is 1. The maximum Gasteiger partial charge on any atom is 0.237 e. The van der Waals surface area contributed by atoms with E-state index in [1.54, 1.807) is 0 Å². The van der Waals surface area contributed by atoms with Crippen LogP contribution in [0.15, 0.2) is 0 Å². The normalized spacial score (nSPS) is 23.4. The van der Waals surface area contributed by atoms with Gasteiger partial charge in [0, 0.05) is 0 Å². The van der Waals surface area contributed by atoms with Crippen LogP contribution in [-0.4, -0.2) is 42.8 Å². The lowest BCUT2D eigenvalue weighted by atomic mass is 10.0. The van der Waals surface area contributed by atoms with Crippen LogP contribution in [0.2, 0.25) is 0 Å². The van der Waals surface area contributed by atoms with Gasteiger partial charge in [0.05, 0.1) is 12.1 Å². The van der Waals surface area contributed by atoms with Gasteiger partial charge in [-0.25, -0.2) is 0 Å². The summed E-state index contributed by atoms with van der Waals surface area (Å²) in [7, 11) is 1.94. The highest BCUT2D eigenvalue weighted by Crippen LogP contribution is 2.15. The van der Waals surface area contributed by atoms with Crippen LogP contribution < -0.4 is 5.32 Å². The lowest BCUT2D eigenvalue weighted by molar-refractivity contribution is -0.125. The Morgan fingerprint density at radius 1 is 1.56 bits per heavy atom. The number of nitrogens with zero attached hydrogens (tertiary/aromatic N) is 1. The van der Waals surface area contributed by atoms with Crippen LogP contribution in [0.3, 0.4) is 0 Å². The highest BCUT2D eigenvalue weighted by Gasteiger charge is 2.29. The maximum absolute atomic E-state index is 11.9. The monoisotopic (exact) mass is 225 g/mol. The van der Waals surface area contributed by atoms with Gasteiger partial charge in [-0.1, -0.05) is 13.8 Å². The molecule has 0 aromatic carbocycles. The lowest BCUT2D eigenvalue weighted by Crippen LogP contribution is -2.46. The average molecular weight is 225 g/mol. The van der Waals surface area contributed by atoms with Crippen LogP contribution in [0.5, 0.6) is 0 Å². The molecule has 4 nitrogen and oxygen atoms in total. The summed E-state index contributed by atoms with van der Waals surface area (Å²) < 4.78 is 0. The summed E-state index contributed by atoms with van der Waals surface area (Å²) in [6, 6.07) is -0.524. The molecular weight excluding hydrogens is 204 g/mol. The molecule has 1 radical (unpaired) electrons. The molecule has 0 aromatic heterocycles. The number of likely N-dealkylation sites (tertiary alicyclic amines) is 1. The third-order valence-corrected chi connectivity index (χ3v) is 2.99. The first-order valence-corrected chi connectivity index (χ1v) is 5.93. The fraction of sp³-hybridized carbons (Fsp3) is 0.833. The summed E-state index contributed by atoms with van der Waals surface area (Å²) in [5.41, 5.74) is 0. The van der Waals surface area contributed by atoms with Crippen LogP contribution in [0.4, 0.5) is 0 Å². The molecule has 0 aliphatic carbocycles. The molecule has 2 atom stereocenters. The minimum absolute atomic E-state index is 0.0333. The Labute approximate surface area is 97.4 Å². The number of hydrogen-bond donors (Lipinski definition) is 1. The molecule has 1 rings (SSSR count). The van der Waals surface area contributed by atoms with Gasteiger partial charge in [0.2, 0.25) is 12.2 Å². The van der Waals surface area contributed by atoms with Gasteiger partial charge in [0.1, 0.15) is 0 Å². The van der Waals surface area contributed by atoms with E-state index in [0.717, 1.165) is 19.4 Å². The van der Waals surface area contributed by atoms with Crippen LogP contribution in [0, 0.1) is 5.92 Å². The molecule has 16 heavy (non-hydrogen) atoms. The molecule has 0 spiro atoms. The average Bonchev–Trinajstić information content (AvgIpc) is 2.62. The van der Waals surface area contributed by atoms with Crippen LogP contribution >= 0.6 is 0 Å². The summed E-state index contributed by atoms with van der Waals surface area (Å²) in [4.78, 5) is 24.6. The van der Waals surface area contributed by atoms with Crippen molar-refractivity contribution in [3.05, 3.63) is 0 Å². The topological polar surface area (TPSA) is 49.4 Å². The summed E-state index contributed by atoms with van der Waals surface area (Å²) in [6.07, 6.45) is 4.49. The Hall–Kier alpha value is -0.900. The van der Waals surface area contributed by atoms with E-state index < -0.39 is 6.04 Å². The highest BCUT2D eigenvalue weighted by molar-refractivity contribution is 5.84. The quantitative estimate of drug-likeness (QED) is 0.750. The first kappa shape index (κ1) is 13.2. The number of likely N-dealkylation sites (N-methyl/N-ethyl adjacent to an activating group) is 1. The second-order valence-electron chi connectivity index (χ2n) is 4.95. The van der Waals surface area contributed by atoms with Gasteiger partial charge >= 0.3 is 0 Å². The fourth-order valence-electron chi connectivity index (χ4n) is 2.12. The Kier molecular flexibility index (Phi) is 4.93. The molecule has 1 heterocycles. The number of nitrogens with one attached hydrogen (secondary N) is 1. The Balaban J connectivity index is 2.45. The van der Waals surface area contributed by atoms with Crippen molar-refractivity contribution in [2.24, 2.45) is 5.92 Å². The van der Waals surface area contributed by atoms with Crippen molar-refractivity contribution in [2.75, 3.05) is 13.6 Å². The third-order valence-electron chi connectivity index (χ3n) is 2.99. The van der Waals surface area contributed by atoms with Gasteiger partial charge in [-0.3, -0.25) is 14.5 Å². The Morgan fingerprint density at radius 3 is 2.69 bits per heavy atom. The zero-order valence-corrected chi connectivity index (χ0v) is 10.3. The maximum atomic E-state index is 11.9. The van der Waals surface area contributed by atoms with Gasteiger partial charge in [0.15, 0.2) is 0 Å². The molecule has 0 unspecified atom stereocenters. The second-order valence-corrected chi connectivity index (χ2v) is 4.95. The summed E-state index contributed by atoms with van der Waals surface area (Å²) in [5, 5.41) is 2.77. The van der Waals surface area contributed by atoms with Crippen molar-refractivity contribution in [3.8, 4) is 0 Å². The number of carbonyl (C=O) groups excluding carboxylic acids is 2. The van der Waals surface area contributed by atoms with Crippen molar-refractivity contribution >= 4 is 12.2 Å². The van der Waals surface area contributed by atoms with E-state index in [0.29, 0.717) is 12.3 Å². The lowest BCUT2D eigenvalue weighted by Gasteiger charge is -2.21. The first-order chi connectivity index (χ1) is 7.54. The predicted octanol–water partition coefficient (Wildman–Crippen LogP) is 0.721. The van der Waals surface area contributed by atoms with Crippen LogP contribution in [0.25, 0.3) is 0 Å². The fourth-order valence-corrected chi connectivity index (χ4v) is 2.12. The third kappa shape index (κ3) is 3.59. The SMILES string of the molecule is CC(C)C[C@@H]([C]=O)NC(=O)[C@@H]1CCCN1C. The zero-order chi connectivity index (χ0) is 12.1. The van der Waals surface area contributed by atoms with Gasteiger partial charge in [-0.2, -0.15) is 0 Å². The molecule has 1 N–H and O–H groups in total. The van der Waals surface area contributed by atoms with Crippen molar-refractivity contribution in [3.63, 3.8) is 0 Å². The predicted molar refractivity (Wildman–Crippen MR) is 62.7 cm³/mol. The molecule has 0 bridgehead atoms. The minimum Gasteiger partial charge on any atom is -0.344 e. The highest BCUT2D eigenvalue weighted by atomic mass is 16.2. The number of hydrogen-bond acceptors (Lipinski definition) is 3. The van der Waals surface area contributed by atoms with E-state index in [4.69, 9.17) is 0 Å². The van der Waals surface area contributed by atoms with E-state index in [-0.39, 0.29) is 11.9 Å². The molecule has 0 saturated carbocycles. The van der Waals surface area contributed by atoms with Gasteiger partial charge in [-0.05, 0) is 38.8 Å². The van der Waals surface area contributed by atoms with E-state index in [2.05, 4.69) is 5.32 Å². The Bertz CT molecular complexity index is 253. The summed E-state index contributed by atoms with van der Waals surface area (Å²) in [6.45, 7) is 5.01. The molecule has 1 saturated heterocycles. The van der Waals surface area contributed by atoms with Gasteiger partial charge < -0.3 is 5.32 Å². The molecule has 1 aliphatic rings. The van der Waals surface area contributed by atoms with Crippen LogP contribution in [-0.2, 0) is 9.59 Å². The standard InChI is InChI=1S/C12H21N2O2/c1-9(2)7-10(8-15)13-12(16)11-5-4-6-14(11)3/h9-11H,4-7H2,1-3H3,(H,13,16)/t10-,11-/m0/s1. The molecule has 1 fully saturated rings. The molecule has 4 heteroatoms. The van der Waals surface area contributed by atoms with E-state index in [1.807, 2.05) is 32.1 Å². The van der Waals surface area contributed by atoms with E-state index in [9.17, 15) is 9.59 Å². The summed E-state index contributed by atoms with van der Waals surface area (Å²) in [5.74, 6) is 0.349. The minimum atomic E-state index is -0.457. The van der Waals surface area contributed by atoms with Crippen LogP contribution in [0.1, 0.15) is 33.1 Å². The van der Waals surface area contributed by atoms with Crippen molar-refractivity contribution in [1.29, 1.82) is 0 Å². The number of rotatable bonds is 5. The van der Waals surface area contributed by atoms with E-state index >= 15 is 0 Å². The van der Waals surface area contributed by atoms with Crippen molar-refractivity contribution in [2.45, 2.75) is 45.2 Å². The number of carbonyl (C=O) groups is 1. The summed E-state index contributed by atoms with van der Waals surface area (Å²) >= 11 is 0. The van der Waals surface area contributed by atoms with E-state index in [1.165, 1.54) is 0 Å². The zero-order valence-electron chi connectivity index (χ0n) is 10.3. The van der Waals surface area contributed by atoms with Crippen molar-refractivity contribution < 1.29 is 9.59 Å².